The number of hydrogen-bond acceptors (Lipinski definition) is 3. The minimum Gasteiger partial charge on any atom is -0.287 e. The number of rotatable bonds is 3. The third kappa shape index (κ3) is 2.59. The smallest absolute Gasteiger partial charge is 0.234 e. The summed E-state index contributed by atoms with van der Waals surface area (Å²) in [5, 5.41) is 3.73. The number of para-hydroxylation sites is 1. The molecule has 0 amide bonds. The van der Waals surface area contributed by atoms with Gasteiger partial charge in [0.1, 0.15) is 11.5 Å². The van der Waals surface area contributed by atoms with Gasteiger partial charge in [-0.25, -0.2) is 18.4 Å². The standard InChI is InChI=1S/C11H7Cl2F2N3O/c1-5-16-11(9(19)10(12)13)17-18(5)8-6(14)3-2-4-7(8)15/h2-4,10H,1H3. The number of aromatic nitrogens is 3. The molecule has 0 saturated carbocycles. The fourth-order valence-corrected chi connectivity index (χ4v) is 1.69. The molecule has 4 nitrogen and oxygen atoms in total. The number of Topliss-reactive ketones (excluding diaryl/α,β-unsaturated/α-hetero) is 1. The quantitative estimate of drug-likeness (QED) is 0.647. The molecular formula is C11H7Cl2F2N3O. The van der Waals surface area contributed by atoms with E-state index in [9.17, 15) is 13.6 Å². The first-order valence-corrected chi connectivity index (χ1v) is 5.99. The largest absolute Gasteiger partial charge is 0.287 e. The van der Waals surface area contributed by atoms with Crippen molar-refractivity contribution in [1.82, 2.24) is 14.8 Å². The zero-order valence-corrected chi connectivity index (χ0v) is 11.1. The molecule has 100 valence electrons. The summed E-state index contributed by atoms with van der Waals surface area (Å²) in [5.41, 5.74) is -0.410. The lowest BCUT2D eigenvalue weighted by Gasteiger charge is -2.05. The Morgan fingerprint density at radius 3 is 2.42 bits per heavy atom. The average molecular weight is 306 g/mol. The van der Waals surface area contributed by atoms with Gasteiger partial charge in [0.25, 0.3) is 0 Å². The monoisotopic (exact) mass is 305 g/mol. The van der Waals surface area contributed by atoms with E-state index in [0.717, 1.165) is 16.8 Å². The lowest BCUT2D eigenvalue weighted by atomic mass is 10.3. The molecule has 0 unspecified atom stereocenters. The van der Waals surface area contributed by atoms with Crippen LogP contribution in [-0.2, 0) is 0 Å². The van der Waals surface area contributed by atoms with Crippen LogP contribution in [0.4, 0.5) is 8.78 Å². The lowest BCUT2D eigenvalue weighted by Crippen LogP contribution is -2.11. The zero-order valence-electron chi connectivity index (χ0n) is 9.57. The van der Waals surface area contributed by atoms with Crippen LogP contribution in [0.2, 0.25) is 0 Å². The molecule has 0 atom stereocenters. The highest BCUT2D eigenvalue weighted by molar-refractivity contribution is 6.55. The van der Waals surface area contributed by atoms with Gasteiger partial charge >= 0.3 is 0 Å². The Hall–Kier alpha value is -1.53. The molecule has 2 rings (SSSR count). The van der Waals surface area contributed by atoms with Gasteiger partial charge in [-0.15, -0.1) is 5.10 Å². The summed E-state index contributed by atoms with van der Waals surface area (Å²) < 4.78 is 28.1. The number of carbonyl (C=O) groups excluding carboxylic acids is 1. The van der Waals surface area contributed by atoms with Crippen LogP contribution in [0.15, 0.2) is 18.2 Å². The van der Waals surface area contributed by atoms with Gasteiger partial charge in [0, 0.05) is 0 Å². The molecule has 0 bridgehead atoms. The van der Waals surface area contributed by atoms with Crippen molar-refractivity contribution in [1.29, 1.82) is 0 Å². The number of hydrogen-bond donors (Lipinski definition) is 0. The molecule has 2 aromatic rings. The Morgan fingerprint density at radius 1 is 1.32 bits per heavy atom. The van der Waals surface area contributed by atoms with Gasteiger partial charge in [-0.1, -0.05) is 29.3 Å². The van der Waals surface area contributed by atoms with Crippen molar-refractivity contribution in [2.45, 2.75) is 11.8 Å². The molecule has 0 aliphatic rings. The Labute approximate surface area is 117 Å². The maximum absolute atomic E-state index is 13.6. The van der Waals surface area contributed by atoms with Gasteiger partial charge in [-0.3, -0.25) is 4.79 Å². The fourth-order valence-electron chi connectivity index (χ4n) is 1.50. The van der Waals surface area contributed by atoms with Crippen LogP contribution in [0.5, 0.6) is 0 Å². The van der Waals surface area contributed by atoms with E-state index in [0.29, 0.717) is 0 Å². The summed E-state index contributed by atoms with van der Waals surface area (Å²) in [6, 6.07) is 3.37. The van der Waals surface area contributed by atoms with Crippen LogP contribution in [0.25, 0.3) is 5.69 Å². The summed E-state index contributed by atoms with van der Waals surface area (Å²) in [4.78, 5) is 14.0. The van der Waals surface area contributed by atoms with Gasteiger partial charge in [0.2, 0.25) is 11.6 Å². The average Bonchev–Trinajstić information content (AvgIpc) is 2.70. The number of ketones is 1. The van der Waals surface area contributed by atoms with E-state index in [1.807, 2.05) is 0 Å². The van der Waals surface area contributed by atoms with Crippen molar-refractivity contribution >= 4 is 29.0 Å². The fraction of sp³-hybridized carbons (Fsp3) is 0.182. The molecule has 0 aliphatic carbocycles. The maximum atomic E-state index is 13.6. The van der Waals surface area contributed by atoms with Gasteiger partial charge in [0.15, 0.2) is 16.5 Å². The van der Waals surface area contributed by atoms with Crippen molar-refractivity contribution in [3.8, 4) is 5.69 Å². The first kappa shape index (κ1) is 13.9. The highest BCUT2D eigenvalue weighted by Crippen LogP contribution is 2.19. The molecule has 8 heteroatoms. The molecule has 0 N–H and O–H groups in total. The number of benzene rings is 1. The first-order valence-electron chi connectivity index (χ1n) is 5.12. The SMILES string of the molecule is Cc1nc(C(=O)C(Cl)Cl)nn1-c1c(F)cccc1F. The van der Waals surface area contributed by atoms with Crippen molar-refractivity contribution in [3.05, 3.63) is 41.5 Å². The molecule has 1 aromatic carbocycles. The zero-order chi connectivity index (χ0) is 14.2. The summed E-state index contributed by atoms with van der Waals surface area (Å²) in [6.07, 6.45) is 0. The molecule has 1 aromatic heterocycles. The Kier molecular flexibility index (Phi) is 3.82. The Balaban J connectivity index is 2.56. The molecule has 1 heterocycles. The summed E-state index contributed by atoms with van der Waals surface area (Å²) in [5.74, 6) is -2.53. The highest BCUT2D eigenvalue weighted by Gasteiger charge is 2.23. The Morgan fingerprint density at radius 2 is 1.89 bits per heavy atom. The van der Waals surface area contributed by atoms with E-state index >= 15 is 0 Å². The van der Waals surface area contributed by atoms with E-state index in [1.54, 1.807) is 0 Å². The van der Waals surface area contributed by atoms with Crippen LogP contribution in [0.3, 0.4) is 0 Å². The molecule has 0 saturated heterocycles. The Bertz CT molecular complexity index is 623. The summed E-state index contributed by atoms with van der Waals surface area (Å²) in [6.45, 7) is 1.45. The van der Waals surface area contributed by atoms with Gasteiger partial charge < -0.3 is 0 Å². The minimum absolute atomic E-state index is 0.140. The minimum atomic E-state index is -1.33. The third-order valence-electron chi connectivity index (χ3n) is 2.34. The molecule has 0 spiro atoms. The topological polar surface area (TPSA) is 47.8 Å². The van der Waals surface area contributed by atoms with Crippen molar-refractivity contribution in [2.24, 2.45) is 0 Å². The molecule has 0 radical (unpaired) electrons. The van der Waals surface area contributed by atoms with Gasteiger partial charge in [-0.05, 0) is 19.1 Å². The lowest BCUT2D eigenvalue weighted by molar-refractivity contribution is 0.0997. The second kappa shape index (κ2) is 5.22. The molecular weight excluding hydrogens is 299 g/mol. The first-order chi connectivity index (χ1) is 8.91. The van der Waals surface area contributed by atoms with Crippen LogP contribution >= 0.6 is 23.2 Å². The molecule has 19 heavy (non-hydrogen) atoms. The predicted molar refractivity (Wildman–Crippen MR) is 65.8 cm³/mol. The number of nitrogens with zero attached hydrogens (tertiary/aromatic N) is 3. The van der Waals surface area contributed by atoms with E-state index < -0.39 is 27.9 Å². The number of alkyl halides is 2. The number of carbonyl (C=O) groups is 1. The second-order valence-electron chi connectivity index (χ2n) is 3.63. The van der Waals surface area contributed by atoms with E-state index in [4.69, 9.17) is 23.2 Å². The van der Waals surface area contributed by atoms with Crippen molar-refractivity contribution < 1.29 is 13.6 Å². The maximum Gasteiger partial charge on any atom is 0.234 e. The second-order valence-corrected chi connectivity index (χ2v) is 4.73. The van der Waals surface area contributed by atoms with E-state index in [2.05, 4.69) is 10.1 Å². The van der Waals surface area contributed by atoms with Crippen LogP contribution in [0.1, 0.15) is 16.4 Å². The van der Waals surface area contributed by atoms with Crippen LogP contribution in [-0.4, -0.2) is 25.4 Å². The van der Waals surface area contributed by atoms with Crippen LogP contribution < -0.4 is 0 Å². The summed E-state index contributed by atoms with van der Waals surface area (Å²) in [7, 11) is 0. The highest BCUT2D eigenvalue weighted by atomic mass is 35.5. The number of halogens is 4. The third-order valence-corrected chi connectivity index (χ3v) is 2.73. The van der Waals surface area contributed by atoms with Crippen LogP contribution in [0, 0.1) is 18.6 Å². The van der Waals surface area contributed by atoms with Crippen molar-refractivity contribution in [3.63, 3.8) is 0 Å². The molecule has 0 fully saturated rings. The van der Waals surface area contributed by atoms with Gasteiger partial charge in [0.05, 0.1) is 0 Å². The normalized spacial score (nSPS) is 11.1. The predicted octanol–water partition coefficient (Wildman–Crippen LogP) is 2.84. The van der Waals surface area contributed by atoms with Gasteiger partial charge in [-0.2, -0.15) is 0 Å². The molecule has 0 aliphatic heterocycles. The van der Waals surface area contributed by atoms with E-state index in [1.165, 1.54) is 13.0 Å². The van der Waals surface area contributed by atoms with E-state index in [-0.39, 0.29) is 11.6 Å². The summed E-state index contributed by atoms with van der Waals surface area (Å²) >= 11 is 10.8. The number of aryl methyl sites for hydroxylation is 1. The van der Waals surface area contributed by atoms with Crippen molar-refractivity contribution in [2.75, 3.05) is 0 Å².